The molecule has 0 aliphatic carbocycles. The molecule has 1 heterocycles. The van der Waals surface area contributed by atoms with Gasteiger partial charge in [-0.15, -0.1) is 11.3 Å². The number of aryl methyl sites for hydroxylation is 2. The zero-order valence-corrected chi connectivity index (χ0v) is 14.6. The molecule has 0 unspecified atom stereocenters. The zero-order chi connectivity index (χ0) is 16.3. The van der Waals surface area contributed by atoms with E-state index < -0.39 is 0 Å². The van der Waals surface area contributed by atoms with E-state index in [-0.39, 0.29) is 11.9 Å². The van der Waals surface area contributed by atoms with E-state index in [2.05, 4.69) is 38.2 Å². The van der Waals surface area contributed by atoms with Crippen molar-refractivity contribution in [3.05, 3.63) is 50.7 Å². The van der Waals surface area contributed by atoms with Crippen molar-refractivity contribution >= 4 is 17.2 Å². The Hall–Kier alpha value is -1.81. The fourth-order valence-electron chi connectivity index (χ4n) is 2.22. The summed E-state index contributed by atoms with van der Waals surface area (Å²) in [4.78, 5) is 12.7. The third-order valence-electron chi connectivity index (χ3n) is 3.46. The van der Waals surface area contributed by atoms with E-state index in [0.717, 1.165) is 16.2 Å². The lowest BCUT2D eigenvalue weighted by atomic mass is 10.1. The molecule has 1 aromatic carbocycles. The highest BCUT2D eigenvalue weighted by Gasteiger charge is 2.11. The Morgan fingerprint density at radius 2 is 1.95 bits per heavy atom. The van der Waals surface area contributed by atoms with Gasteiger partial charge < -0.3 is 10.1 Å². The molecule has 1 N–H and O–H groups in total. The highest BCUT2D eigenvalue weighted by molar-refractivity contribution is 7.12. The van der Waals surface area contributed by atoms with Gasteiger partial charge in [-0.1, -0.05) is 6.07 Å². The highest BCUT2D eigenvalue weighted by atomic mass is 32.1. The van der Waals surface area contributed by atoms with Gasteiger partial charge in [-0.2, -0.15) is 0 Å². The van der Waals surface area contributed by atoms with Crippen LogP contribution in [0.4, 0.5) is 0 Å². The lowest BCUT2D eigenvalue weighted by Gasteiger charge is -2.11. The number of benzene rings is 1. The first kappa shape index (κ1) is 16.6. The second-order valence-electron chi connectivity index (χ2n) is 5.94. The molecule has 1 aromatic heterocycles. The standard InChI is InChI=1S/C18H23NO2S/c1-11(2)19-18(20)17-8-15(10-22-17)9-21-16-7-12(3)6-13(4)14(16)5/h6-8,10-11H,9H2,1-5H3,(H,19,20). The molecule has 4 heteroatoms. The number of carbonyl (C=O) groups excluding carboxylic acids is 1. The van der Waals surface area contributed by atoms with Gasteiger partial charge in [0.2, 0.25) is 0 Å². The van der Waals surface area contributed by atoms with Crippen molar-refractivity contribution in [1.82, 2.24) is 5.32 Å². The first-order valence-electron chi connectivity index (χ1n) is 7.45. The molecule has 0 spiro atoms. The van der Waals surface area contributed by atoms with Crippen molar-refractivity contribution in [3.63, 3.8) is 0 Å². The maximum Gasteiger partial charge on any atom is 0.261 e. The van der Waals surface area contributed by atoms with E-state index in [1.54, 1.807) is 0 Å². The molecule has 0 radical (unpaired) electrons. The van der Waals surface area contributed by atoms with Crippen LogP contribution in [0.3, 0.4) is 0 Å². The Morgan fingerprint density at radius 1 is 1.23 bits per heavy atom. The molecule has 118 valence electrons. The van der Waals surface area contributed by atoms with E-state index in [4.69, 9.17) is 4.74 Å². The smallest absolute Gasteiger partial charge is 0.261 e. The molecule has 0 saturated carbocycles. The summed E-state index contributed by atoms with van der Waals surface area (Å²) in [5, 5.41) is 4.88. The first-order chi connectivity index (χ1) is 10.4. The lowest BCUT2D eigenvalue weighted by molar-refractivity contribution is 0.0947. The summed E-state index contributed by atoms with van der Waals surface area (Å²) in [5.41, 5.74) is 4.62. The van der Waals surface area contributed by atoms with Crippen LogP contribution in [0.25, 0.3) is 0 Å². The summed E-state index contributed by atoms with van der Waals surface area (Å²) in [6.45, 7) is 10.6. The van der Waals surface area contributed by atoms with Crippen molar-refractivity contribution in [3.8, 4) is 5.75 Å². The van der Waals surface area contributed by atoms with Gasteiger partial charge in [-0.25, -0.2) is 0 Å². The second-order valence-corrected chi connectivity index (χ2v) is 6.85. The maximum absolute atomic E-state index is 11.9. The Morgan fingerprint density at radius 3 is 2.64 bits per heavy atom. The van der Waals surface area contributed by atoms with Crippen LogP contribution in [-0.4, -0.2) is 11.9 Å². The van der Waals surface area contributed by atoms with Crippen LogP contribution in [0, 0.1) is 20.8 Å². The molecule has 0 saturated heterocycles. The number of rotatable bonds is 5. The first-order valence-corrected chi connectivity index (χ1v) is 8.33. The summed E-state index contributed by atoms with van der Waals surface area (Å²) in [5.74, 6) is 0.894. The quantitative estimate of drug-likeness (QED) is 0.888. The van der Waals surface area contributed by atoms with Gasteiger partial charge in [-0.3, -0.25) is 4.79 Å². The van der Waals surface area contributed by atoms with Crippen LogP contribution in [0.5, 0.6) is 5.75 Å². The minimum atomic E-state index is -0.0196. The fourth-order valence-corrected chi connectivity index (χ4v) is 3.02. The van der Waals surface area contributed by atoms with Crippen molar-refractivity contribution in [1.29, 1.82) is 0 Å². The minimum absolute atomic E-state index is 0.0196. The monoisotopic (exact) mass is 317 g/mol. The van der Waals surface area contributed by atoms with Crippen LogP contribution in [0.2, 0.25) is 0 Å². The molecule has 0 aliphatic rings. The van der Waals surface area contributed by atoms with E-state index in [1.165, 1.54) is 28.0 Å². The average molecular weight is 317 g/mol. The van der Waals surface area contributed by atoms with Crippen LogP contribution < -0.4 is 10.1 Å². The fraction of sp³-hybridized carbons (Fsp3) is 0.389. The van der Waals surface area contributed by atoms with Crippen LogP contribution in [0.15, 0.2) is 23.6 Å². The van der Waals surface area contributed by atoms with Crippen LogP contribution >= 0.6 is 11.3 Å². The number of amides is 1. The average Bonchev–Trinajstić information content (AvgIpc) is 2.89. The summed E-state index contributed by atoms with van der Waals surface area (Å²) in [7, 11) is 0. The Kier molecular flexibility index (Phi) is 5.24. The van der Waals surface area contributed by atoms with Gasteiger partial charge in [-0.05, 0) is 68.8 Å². The summed E-state index contributed by atoms with van der Waals surface area (Å²) >= 11 is 1.45. The van der Waals surface area contributed by atoms with E-state index in [0.29, 0.717) is 6.61 Å². The number of thiophene rings is 1. The predicted molar refractivity (Wildman–Crippen MR) is 91.9 cm³/mol. The molecule has 0 atom stereocenters. The molecule has 22 heavy (non-hydrogen) atoms. The number of hydrogen-bond donors (Lipinski definition) is 1. The zero-order valence-electron chi connectivity index (χ0n) is 13.8. The van der Waals surface area contributed by atoms with Crippen LogP contribution in [0.1, 0.15) is 45.8 Å². The predicted octanol–water partition coefficient (Wildman–Crippen LogP) is 4.39. The minimum Gasteiger partial charge on any atom is -0.489 e. The molecular weight excluding hydrogens is 294 g/mol. The molecular formula is C18H23NO2S. The van der Waals surface area contributed by atoms with Crippen molar-refractivity contribution in [2.45, 2.75) is 47.3 Å². The summed E-state index contributed by atoms with van der Waals surface area (Å²) < 4.78 is 5.93. The number of nitrogens with one attached hydrogen (secondary N) is 1. The van der Waals surface area contributed by atoms with Gasteiger partial charge in [0.15, 0.2) is 0 Å². The van der Waals surface area contributed by atoms with Crippen molar-refractivity contribution < 1.29 is 9.53 Å². The summed E-state index contributed by atoms with van der Waals surface area (Å²) in [6.07, 6.45) is 0. The molecule has 2 rings (SSSR count). The highest BCUT2D eigenvalue weighted by Crippen LogP contribution is 2.25. The third-order valence-corrected chi connectivity index (χ3v) is 4.43. The molecule has 1 amide bonds. The topological polar surface area (TPSA) is 38.3 Å². The number of hydrogen-bond acceptors (Lipinski definition) is 3. The normalized spacial score (nSPS) is 10.8. The molecule has 0 fully saturated rings. The Labute approximate surface area is 136 Å². The van der Waals surface area contributed by atoms with E-state index in [9.17, 15) is 4.79 Å². The lowest BCUT2D eigenvalue weighted by Crippen LogP contribution is -2.29. The second kappa shape index (κ2) is 6.97. The molecule has 3 nitrogen and oxygen atoms in total. The van der Waals surface area contributed by atoms with Crippen molar-refractivity contribution in [2.24, 2.45) is 0 Å². The maximum atomic E-state index is 11.9. The largest absolute Gasteiger partial charge is 0.489 e. The number of ether oxygens (including phenoxy) is 1. The van der Waals surface area contributed by atoms with E-state index >= 15 is 0 Å². The van der Waals surface area contributed by atoms with Crippen molar-refractivity contribution in [2.75, 3.05) is 0 Å². The van der Waals surface area contributed by atoms with Gasteiger partial charge in [0.25, 0.3) is 5.91 Å². The number of carbonyl (C=O) groups is 1. The van der Waals surface area contributed by atoms with Crippen LogP contribution in [-0.2, 0) is 6.61 Å². The van der Waals surface area contributed by atoms with E-state index in [1.807, 2.05) is 25.3 Å². The van der Waals surface area contributed by atoms with Gasteiger partial charge >= 0.3 is 0 Å². The summed E-state index contributed by atoms with van der Waals surface area (Å²) in [6, 6.07) is 6.26. The Balaban J connectivity index is 2.04. The SMILES string of the molecule is Cc1cc(C)c(C)c(OCc2csc(C(=O)NC(C)C)c2)c1. The third kappa shape index (κ3) is 4.10. The molecule has 2 aromatic rings. The molecule has 0 aliphatic heterocycles. The van der Waals surface area contributed by atoms with Gasteiger partial charge in [0.1, 0.15) is 12.4 Å². The van der Waals surface area contributed by atoms with Gasteiger partial charge in [0.05, 0.1) is 4.88 Å². The van der Waals surface area contributed by atoms with Gasteiger partial charge in [0, 0.05) is 11.6 Å². The Bertz CT molecular complexity index is 674. The molecule has 0 bridgehead atoms.